The molecule has 1 aliphatic heterocycles. The second-order valence-electron chi connectivity index (χ2n) is 4.71. The van der Waals surface area contributed by atoms with Gasteiger partial charge >= 0.3 is 0 Å². The van der Waals surface area contributed by atoms with Crippen molar-refractivity contribution in [3.63, 3.8) is 0 Å². The number of hydrogen-bond donors (Lipinski definition) is 0. The van der Waals surface area contributed by atoms with E-state index in [0.29, 0.717) is 6.47 Å². The molecule has 1 saturated heterocycles. The number of carbonyl (C=O) groups excluding carboxylic acids is 2. The van der Waals surface area contributed by atoms with E-state index in [9.17, 15) is 4.79 Å². The second kappa shape index (κ2) is 26.6. The topological polar surface area (TPSA) is 46.6 Å². The largest absolute Gasteiger partial charge is 0.471 e. The van der Waals surface area contributed by atoms with Gasteiger partial charge in [-0.3, -0.25) is 4.79 Å². The van der Waals surface area contributed by atoms with Gasteiger partial charge in [0.2, 0.25) is 0 Å². The van der Waals surface area contributed by atoms with Crippen molar-refractivity contribution in [2.24, 2.45) is 0 Å². The van der Waals surface area contributed by atoms with Crippen LogP contribution in [0.25, 0.3) is 0 Å². The molecular weight excluding hydrogens is 254 g/mol. The Bertz CT molecular complexity index is 169. The first-order chi connectivity index (χ1) is 9.64. The van der Waals surface area contributed by atoms with Gasteiger partial charge in [0.25, 0.3) is 6.47 Å². The second-order valence-corrected chi connectivity index (χ2v) is 4.71. The summed E-state index contributed by atoms with van der Waals surface area (Å²) < 4.78 is 3.86. The molecule has 0 N–H and O–H groups in total. The summed E-state index contributed by atoms with van der Waals surface area (Å²) in [7, 11) is 3.49. The minimum atomic E-state index is 0.375. The molecule has 1 fully saturated rings. The standard InChI is InChI=1S/C6H12O.C5H11N.C3H8.C2H4O2/c1-2-3-4-5-6-7;1-6-4-2-3-5-6;1-3-2;1-4-2-3/h6H,2-5H2,1H3;2-5H2,1H3;3H2,1-2H3;2H,1H3. The van der Waals surface area contributed by atoms with Crippen LogP contribution >= 0.6 is 0 Å². The molecule has 1 aliphatic rings. The zero-order valence-electron chi connectivity index (χ0n) is 14.2. The molecule has 1 rings (SSSR count). The minimum absolute atomic E-state index is 0.375. The molecule has 0 atom stereocenters. The van der Waals surface area contributed by atoms with Crippen LogP contribution < -0.4 is 0 Å². The summed E-state index contributed by atoms with van der Waals surface area (Å²) in [5.41, 5.74) is 0. The summed E-state index contributed by atoms with van der Waals surface area (Å²) in [5.74, 6) is 0. The maximum absolute atomic E-state index is 9.68. The van der Waals surface area contributed by atoms with Crippen LogP contribution in [-0.2, 0) is 14.3 Å². The third kappa shape index (κ3) is 36.0. The highest BCUT2D eigenvalue weighted by Gasteiger charge is 2.03. The van der Waals surface area contributed by atoms with Crippen molar-refractivity contribution >= 4 is 12.8 Å². The number of hydrogen-bond acceptors (Lipinski definition) is 4. The Morgan fingerprint density at radius 2 is 1.50 bits per heavy atom. The average Bonchev–Trinajstić information content (AvgIpc) is 2.92. The first kappa shape index (κ1) is 24.1. The third-order valence-corrected chi connectivity index (χ3v) is 2.35. The molecule has 0 aromatic carbocycles. The Morgan fingerprint density at radius 3 is 1.70 bits per heavy atom. The molecule has 20 heavy (non-hydrogen) atoms. The summed E-state index contributed by atoms with van der Waals surface area (Å²) in [4.78, 5) is 21.0. The van der Waals surface area contributed by atoms with Gasteiger partial charge in [-0.1, -0.05) is 40.0 Å². The normalized spacial score (nSPS) is 12.7. The Hall–Kier alpha value is -0.900. The third-order valence-electron chi connectivity index (χ3n) is 2.35. The Morgan fingerprint density at radius 1 is 1.05 bits per heavy atom. The van der Waals surface area contributed by atoms with Crippen molar-refractivity contribution in [1.29, 1.82) is 0 Å². The molecule has 0 amide bonds. The van der Waals surface area contributed by atoms with Crippen molar-refractivity contribution < 1.29 is 14.3 Å². The molecule has 1 heterocycles. The van der Waals surface area contributed by atoms with Gasteiger partial charge in [0.1, 0.15) is 6.29 Å². The Labute approximate surface area is 125 Å². The lowest BCUT2D eigenvalue weighted by atomic mass is 10.2. The van der Waals surface area contributed by atoms with E-state index in [-0.39, 0.29) is 0 Å². The van der Waals surface area contributed by atoms with Gasteiger partial charge in [-0.2, -0.15) is 0 Å². The number of unbranched alkanes of at least 4 members (excludes halogenated alkanes) is 3. The van der Waals surface area contributed by atoms with Crippen molar-refractivity contribution in [2.75, 3.05) is 27.2 Å². The highest BCUT2D eigenvalue weighted by molar-refractivity contribution is 5.48. The van der Waals surface area contributed by atoms with E-state index < -0.39 is 0 Å². The average molecular weight is 289 g/mol. The summed E-state index contributed by atoms with van der Waals surface area (Å²) in [6.45, 7) is 9.39. The Kier molecular flexibility index (Phi) is 32.1. The number of aldehydes is 1. The van der Waals surface area contributed by atoms with E-state index in [1.54, 1.807) is 0 Å². The van der Waals surface area contributed by atoms with E-state index in [4.69, 9.17) is 4.79 Å². The van der Waals surface area contributed by atoms with Crippen molar-refractivity contribution in [3.8, 4) is 0 Å². The summed E-state index contributed by atoms with van der Waals surface area (Å²) in [6.07, 6.45) is 9.27. The predicted octanol–water partition coefficient (Wildman–Crippen LogP) is 3.68. The number of ether oxygens (including phenoxy) is 1. The molecule has 0 aliphatic carbocycles. The number of methoxy groups -OCH3 is 1. The molecule has 0 bridgehead atoms. The molecule has 0 aromatic heterocycles. The van der Waals surface area contributed by atoms with Gasteiger partial charge in [0, 0.05) is 6.42 Å². The van der Waals surface area contributed by atoms with Crippen LogP contribution in [0.5, 0.6) is 0 Å². The lowest BCUT2D eigenvalue weighted by Crippen LogP contribution is -2.10. The molecular formula is C16H35NO3. The van der Waals surface area contributed by atoms with Crippen LogP contribution in [0.3, 0.4) is 0 Å². The van der Waals surface area contributed by atoms with Crippen molar-refractivity contribution in [1.82, 2.24) is 4.90 Å². The summed E-state index contributed by atoms with van der Waals surface area (Å²) >= 11 is 0. The zero-order chi connectivity index (χ0) is 16.1. The number of carbonyl (C=O) groups is 2. The van der Waals surface area contributed by atoms with Gasteiger partial charge in [-0.25, -0.2) is 0 Å². The van der Waals surface area contributed by atoms with Crippen molar-refractivity contribution in [3.05, 3.63) is 0 Å². The highest BCUT2D eigenvalue weighted by atomic mass is 16.5. The summed E-state index contributed by atoms with van der Waals surface area (Å²) in [6, 6.07) is 0. The molecule has 0 unspecified atom stereocenters. The maximum Gasteiger partial charge on any atom is 0.292 e. The molecule has 0 aromatic rings. The van der Waals surface area contributed by atoms with Gasteiger partial charge in [-0.05, 0) is 39.4 Å². The van der Waals surface area contributed by atoms with E-state index in [0.717, 1.165) is 19.1 Å². The van der Waals surface area contributed by atoms with E-state index in [1.807, 2.05) is 0 Å². The summed E-state index contributed by atoms with van der Waals surface area (Å²) in [5, 5.41) is 0. The number of likely N-dealkylation sites (tertiary alicyclic amines) is 1. The van der Waals surface area contributed by atoms with Crippen LogP contribution in [-0.4, -0.2) is 44.9 Å². The van der Waals surface area contributed by atoms with Crippen molar-refractivity contribution in [2.45, 2.75) is 65.7 Å². The Balaban J connectivity index is -0.000000203. The number of rotatable bonds is 5. The number of nitrogens with zero attached hydrogens (tertiary/aromatic N) is 1. The van der Waals surface area contributed by atoms with Gasteiger partial charge in [-0.15, -0.1) is 0 Å². The SMILES string of the molecule is CCC.CCCCCC=O.CN1CCCC1.COC=O. The maximum atomic E-state index is 9.68. The van der Waals surface area contributed by atoms with Gasteiger partial charge < -0.3 is 14.4 Å². The highest BCUT2D eigenvalue weighted by Crippen LogP contribution is 2.02. The van der Waals surface area contributed by atoms with Gasteiger partial charge in [0.15, 0.2) is 0 Å². The molecule has 4 heteroatoms. The molecule has 4 nitrogen and oxygen atoms in total. The van der Waals surface area contributed by atoms with Crippen LogP contribution in [0.15, 0.2) is 0 Å². The van der Waals surface area contributed by atoms with Crippen LogP contribution in [0.2, 0.25) is 0 Å². The van der Waals surface area contributed by atoms with E-state index in [1.165, 1.54) is 52.3 Å². The van der Waals surface area contributed by atoms with Crippen LogP contribution in [0, 0.1) is 0 Å². The van der Waals surface area contributed by atoms with Gasteiger partial charge in [0.05, 0.1) is 7.11 Å². The fourth-order valence-electron chi connectivity index (χ4n) is 1.35. The first-order valence-electron chi connectivity index (χ1n) is 7.72. The first-order valence-corrected chi connectivity index (χ1v) is 7.72. The minimum Gasteiger partial charge on any atom is -0.471 e. The molecule has 122 valence electrons. The molecule has 0 spiro atoms. The quantitative estimate of drug-likeness (QED) is 0.572. The predicted molar refractivity (Wildman–Crippen MR) is 86.0 cm³/mol. The monoisotopic (exact) mass is 289 g/mol. The molecule has 0 saturated carbocycles. The fraction of sp³-hybridized carbons (Fsp3) is 0.875. The zero-order valence-corrected chi connectivity index (χ0v) is 14.2. The van der Waals surface area contributed by atoms with E-state index >= 15 is 0 Å². The lowest BCUT2D eigenvalue weighted by Gasteiger charge is -2.01. The van der Waals surface area contributed by atoms with Crippen LogP contribution in [0.1, 0.15) is 65.7 Å². The molecule has 0 radical (unpaired) electrons. The fourth-order valence-corrected chi connectivity index (χ4v) is 1.35. The van der Waals surface area contributed by atoms with E-state index in [2.05, 4.69) is 37.5 Å². The lowest BCUT2D eigenvalue weighted by molar-refractivity contribution is -0.126. The smallest absolute Gasteiger partial charge is 0.292 e. The van der Waals surface area contributed by atoms with Crippen LogP contribution in [0.4, 0.5) is 0 Å².